The molecule has 2 rings (SSSR count). The first-order chi connectivity index (χ1) is 9.44. The summed E-state index contributed by atoms with van der Waals surface area (Å²) in [7, 11) is 1.64. The molecular weight excluding hydrogens is 252 g/mol. The van der Waals surface area contributed by atoms with Crippen molar-refractivity contribution in [3.8, 4) is 5.75 Å². The lowest BCUT2D eigenvalue weighted by atomic mass is 9.79. The molecule has 20 heavy (non-hydrogen) atoms. The van der Waals surface area contributed by atoms with E-state index < -0.39 is 0 Å². The van der Waals surface area contributed by atoms with Crippen LogP contribution in [0.4, 0.5) is 5.69 Å². The van der Waals surface area contributed by atoms with Crippen LogP contribution in [0.5, 0.6) is 5.75 Å². The van der Waals surface area contributed by atoms with Crippen LogP contribution in [0.1, 0.15) is 51.2 Å². The molecule has 1 aliphatic rings. The highest BCUT2D eigenvalue weighted by molar-refractivity contribution is 5.85. The molecule has 110 valence electrons. The van der Waals surface area contributed by atoms with Gasteiger partial charge in [-0.15, -0.1) is 0 Å². The second-order valence-electron chi connectivity index (χ2n) is 6.06. The first-order valence-corrected chi connectivity index (χ1v) is 7.11. The van der Waals surface area contributed by atoms with Crippen molar-refractivity contribution >= 4 is 11.9 Å². The molecule has 1 aliphatic heterocycles. The Morgan fingerprint density at radius 3 is 2.75 bits per heavy atom. The zero-order valence-corrected chi connectivity index (χ0v) is 13.0. The first-order valence-electron chi connectivity index (χ1n) is 7.11. The van der Waals surface area contributed by atoms with Crippen LogP contribution in [0.25, 0.3) is 0 Å². The highest BCUT2D eigenvalue weighted by Crippen LogP contribution is 2.45. The van der Waals surface area contributed by atoms with E-state index in [1.54, 1.807) is 7.11 Å². The minimum absolute atomic E-state index is 0.138. The third kappa shape index (κ3) is 2.35. The molecule has 4 nitrogen and oxygen atoms in total. The molecular formula is C16H24N2O2. The summed E-state index contributed by atoms with van der Waals surface area (Å²) in [5.74, 6) is 1.21. The van der Waals surface area contributed by atoms with E-state index in [0.29, 0.717) is 5.92 Å². The van der Waals surface area contributed by atoms with Gasteiger partial charge in [0.25, 0.3) is 0 Å². The largest absolute Gasteiger partial charge is 0.496 e. The van der Waals surface area contributed by atoms with Crippen LogP contribution in [-0.4, -0.2) is 30.6 Å². The Labute approximate surface area is 121 Å². The summed E-state index contributed by atoms with van der Waals surface area (Å²) in [4.78, 5) is 2.42. The molecule has 1 unspecified atom stereocenters. The van der Waals surface area contributed by atoms with Gasteiger partial charge in [-0.3, -0.25) is 0 Å². The Kier molecular flexibility index (Phi) is 3.93. The number of hydrogen-bond donors (Lipinski definition) is 1. The van der Waals surface area contributed by atoms with Gasteiger partial charge in [0.05, 0.1) is 13.3 Å². The fraction of sp³-hybridized carbons (Fsp3) is 0.562. The number of oxime groups is 1. The molecule has 0 saturated heterocycles. The van der Waals surface area contributed by atoms with Crippen LogP contribution in [0.15, 0.2) is 17.3 Å². The van der Waals surface area contributed by atoms with E-state index in [9.17, 15) is 0 Å². The van der Waals surface area contributed by atoms with Gasteiger partial charge in [0.1, 0.15) is 5.75 Å². The topological polar surface area (TPSA) is 45.1 Å². The lowest BCUT2D eigenvalue weighted by Gasteiger charge is -2.47. The lowest BCUT2D eigenvalue weighted by Crippen LogP contribution is -2.48. The molecule has 0 amide bonds. The Morgan fingerprint density at radius 1 is 1.50 bits per heavy atom. The molecule has 1 aromatic carbocycles. The standard InChI is InChI=1S/C16H24N2O2/c1-6-18-14-8-15(20-5)12(10-17-19)7-13(14)11(2)9-16(18,3)4/h7-8,10-11,19H,6,9H2,1-5H3. The van der Waals surface area contributed by atoms with Gasteiger partial charge in [-0.25, -0.2) is 0 Å². The fourth-order valence-electron chi connectivity index (χ4n) is 3.47. The highest BCUT2D eigenvalue weighted by Gasteiger charge is 2.36. The summed E-state index contributed by atoms with van der Waals surface area (Å²) in [6, 6.07) is 4.14. The predicted octanol–water partition coefficient (Wildman–Crippen LogP) is 3.62. The van der Waals surface area contributed by atoms with Crippen LogP contribution in [0, 0.1) is 0 Å². The maximum atomic E-state index is 8.79. The molecule has 1 atom stereocenters. The molecule has 1 heterocycles. The third-order valence-electron chi connectivity index (χ3n) is 4.25. The number of fused-ring (bicyclic) bond motifs is 1. The highest BCUT2D eigenvalue weighted by atomic mass is 16.5. The minimum Gasteiger partial charge on any atom is -0.496 e. The van der Waals surface area contributed by atoms with Crippen LogP contribution in [0.2, 0.25) is 0 Å². The normalized spacial score (nSPS) is 21.1. The van der Waals surface area contributed by atoms with Crippen molar-refractivity contribution in [2.75, 3.05) is 18.6 Å². The van der Waals surface area contributed by atoms with Crippen molar-refractivity contribution in [1.82, 2.24) is 0 Å². The number of benzene rings is 1. The molecule has 1 N–H and O–H groups in total. The van der Waals surface area contributed by atoms with Crippen LogP contribution in [-0.2, 0) is 0 Å². The van der Waals surface area contributed by atoms with E-state index in [1.807, 2.05) is 0 Å². The van der Waals surface area contributed by atoms with Crippen molar-refractivity contribution in [3.63, 3.8) is 0 Å². The predicted molar refractivity (Wildman–Crippen MR) is 82.5 cm³/mol. The molecule has 0 spiro atoms. The summed E-state index contributed by atoms with van der Waals surface area (Å²) < 4.78 is 5.43. The summed E-state index contributed by atoms with van der Waals surface area (Å²) in [6.07, 6.45) is 2.54. The first kappa shape index (κ1) is 14.7. The lowest BCUT2D eigenvalue weighted by molar-refractivity contribution is 0.321. The maximum Gasteiger partial charge on any atom is 0.129 e. The molecule has 4 heteroatoms. The Hall–Kier alpha value is -1.71. The minimum atomic E-state index is 0.138. The van der Waals surface area contributed by atoms with Gasteiger partial charge < -0.3 is 14.8 Å². The van der Waals surface area contributed by atoms with Gasteiger partial charge in [-0.05, 0) is 44.7 Å². The molecule has 0 aromatic heterocycles. The van der Waals surface area contributed by atoms with Crippen molar-refractivity contribution in [2.45, 2.75) is 45.6 Å². The summed E-state index contributed by atoms with van der Waals surface area (Å²) in [5.41, 5.74) is 3.47. The molecule has 0 fully saturated rings. The van der Waals surface area contributed by atoms with Gasteiger partial charge in [-0.2, -0.15) is 0 Å². The average molecular weight is 276 g/mol. The zero-order chi connectivity index (χ0) is 14.9. The molecule has 0 aliphatic carbocycles. The van der Waals surface area contributed by atoms with Gasteiger partial charge in [0.15, 0.2) is 0 Å². The number of rotatable bonds is 3. The van der Waals surface area contributed by atoms with Crippen molar-refractivity contribution in [2.24, 2.45) is 5.16 Å². The number of anilines is 1. The van der Waals surface area contributed by atoms with Crippen molar-refractivity contribution in [1.29, 1.82) is 0 Å². The van der Waals surface area contributed by atoms with E-state index in [-0.39, 0.29) is 5.54 Å². The number of nitrogens with zero attached hydrogens (tertiary/aromatic N) is 2. The van der Waals surface area contributed by atoms with E-state index >= 15 is 0 Å². The summed E-state index contributed by atoms with van der Waals surface area (Å²) >= 11 is 0. The van der Waals surface area contributed by atoms with Gasteiger partial charge in [0, 0.05) is 29.4 Å². The Bertz CT molecular complexity index is 523. The molecule has 1 aromatic rings. The smallest absolute Gasteiger partial charge is 0.129 e. The Morgan fingerprint density at radius 2 is 2.20 bits per heavy atom. The number of hydrogen-bond acceptors (Lipinski definition) is 4. The van der Waals surface area contributed by atoms with Crippen LogP contribution in [0.3, 0.4) is 0 Å². The quantitative estimate of drug-likeness (QED) is 0.521. The van der Waals surface area contributed by atoms with Crippen LogP contribution >= 0.6 is 0 Å². The second kappa shape index (κ2) is 5.35. The Balaban J connectivity index is 2.62. The molecule has 0 saturated carbocycles. The van der Waals surface area contributed by atoms with E-state index in [1.165, 1.54) is 17.5 Å². The van der Waals surface area contributed by atoms with E-state index in [0.717, 1.165) is 24.3 Å². The maximum absolute atomic E-state index is 8.79. The van der Waals surface area contributed by atoms with E-state index in [2.05, 4.69) is 49.9 Å². The number of ether oxygens (including phenoxy) is 1. The summed E-state index contributed by atoms with van der Waals surface area (Å²) in [6.45, 7) is 9.96. The molecule has 0 bridgehead atoms. The second-order valence-corrected chi connectivity index (χ2v) is 6.06. The van der Waals surface area contributed by atoms with Crippen molar-refractivity contribution in [3.05, 3.63) is 23.3 Å². The van der Waals surface area contributed by atoms with Gasteiger partial charge in [-0.1, -0.05) is 12.1 Å². The molecule has 0 radical (unpaired) electrons. The SMILES string of the molecule is CCN1c2cc(OC)c(C=NO)cc2C(C)CC1(C)C. The van der Waals surface area contributed by atoms with Gasteiger partial charge in [0.2, 0.25) is 0 Å². The monoisotopic (exact) mass is 276 g/mol. The fourth-order valence-corrected chi connectivity index (χ4v) is 3.47. The average Bonchev–Trinajstić information content (AvgIpc) is 2.38. The summed E-state index contributed by atoms with van der Waals surface area (Å²) in [5, 5.41) is 11.9. The van der Waals surface area contributed by atoms with E-state index in [4.69, 9.17) is 9.94 Å². The third-order valence-corrected chi connectivity index (χ3v) is 4.25. The van der Waals surface area contributed by atoms with Crippen molar-refractivity contribution < 1.29 is 9.94 Å². The zero-order valence-electron chi connectivity index (χ0n) is 13.0. The van der Waals surface area contributed by atoms with Crippen LogP contribution < -0.4 is 9.64 Å². The van der Waals surface area contributed by atoms with Gasteiger partial charge >= 0.3 is 0 Å². The number of methoxy groups -OCH3 is 1.